The number of carbonyl (C=O) groups is 1. The van der Waals surface area contributed by atoms with Gasteiger partial charge in [0.25, 0.3) is 0 Å². The number of amides is 1. The summed E-state index contributed by atoms with van der Waals surface area (Å²) in [5, 5.41) is 2.79. The molecule has 0 heterocycles. The molecular weight excluding hydrogens is 310 g/mol. The summed E-state index contributed by atoms with van der Waals surface area (Å²) in [7, 11) is -3.46. The van der Waals surface area contributed by atoms with Crippen molar-refractivity contribution in [3.8, 4) is 0 Å². The van der Waals surface area contributed by atoms with Crippen LogP contribution in [0, 0.1) is 19.8 Å². The van der Waals surface area contributed by atoms with Crippen molar-refractivity contribution in [2.24, 2.45) is 5.92 Å². The van der Waals surface area contributed by atoms with Crippen molar-refractivity contribution in [2.75, 3.05) is 5.75 Å². The maximum absolute atomic E-state index is 12.3. The Morgan fingerprint density at radius 2 is 1.78 bits per heavy atom. The standard InChI is InChI=1S/C18H29NO3S/c1-13(2)6-9-16(5)19-18(20)12-23(21,22)11-17-10-14(3)7-8-15(17)4/h7-8,10,13,16H,6,9,11-12H2,1-5H3,(H,19,20)/t16-/m0/s1. The third kappa shape index (κ3) is 7.64. The van der Waals surface area contributed by atoms with E-state index in [1.165, 1.54) is 0 Å². The van der Waals surface area contributed by atoms with Crippen LogP contribution in [0.2, 0.25) is 0 Å². The Morgan fingerprint density at radius 3 is 2.39 bits per heavy atom. The molecule has 4 nitrogen and oxygen atoms in total. The van der Waals surface area contributed by atoms with Crippen molar-refractivity contribution in [2.45, 2.75) is 59.3 Å². The van der Waals surface area contributed by atoms with Crippen LogP contribution in [0.15, 0.2) is 18.2 Å². The molecule has 0 aliphatic carbocycles. The highest BCUT2D eigenvalue weighted by Gasteiger charge is 2.19. The summed E-state index contributed by atoms with van der Waals surface area (Å²) in [4.78, 5) is 12.0. The van der Waals surface area contributed by atoms with Gasteiger partial charge in [0.1, 0.15) is 5.75 Å². The molecule has 0 aliphatic rings. The van der Waals surface area contributed by atoms with Gasteiger partial charge in [0, 0.05) is 6.04 Å². The largest absolute Gasteiger partial charge is 0.353 e. The van der Waals surface area contributed by atoms with E-state index < -0.39 is 21.5 Å². The van der Waals surface area contributed by atoms with Crippen LogP contribution in [-0.2, 0) is 20.4 Å². The second-order valence-corrected chi connectivity index (χ2v) is 8.97. The van der Waals surface area contributed by atoms with E-state index in [0.717, 1.165) is 29.5 Å². The van der Waals surface area contributed by atoms with Crippen LogP contribution < -0.4 is 5.32 Å². The molecule has 0 fully saturated rings. The van der Waals surface area contributed by atoms with Crippen molar-refractivity contribution >= 4 is 15.7 Å². The van der Waals surface area contributed by atoms with Gasteiger partial charge in [0.2, 0.25) is 5.91 Å². The molecule has 1 rings (SSSR count). The van der Waals surface area contributed by atoms with E-state index in [4.69, 9.17) is 0 Å². The summed E-state index contributed by atoms with van der Waals surface area (Å²) >= 11 is 0. The van der Waals surface area contributed by atoms with Gasteiger partial charge < -0.3 is 5.32 Å². The Labute approximate surface area is 140 Å². The Bertz CT molecular complexity index is 636. The number of nitrogens with one attached hydrogen (secondary N) is 1. The molecule has 23 heavy (non-hydrogen) atoms. The SMILES string of the molecule is Cc1ccc(C)c(CS(=O)(=O)CC(=O)N[C@@H](C)CCC(C)C)c1. The number of aryl methyl sites for hydroxylation is 2. The zero-order valence-electron chi connectivity index (χ0n) is 14.8. The molecule has 0 spiro atoms. The predicted molar refractivity (Wildman–Crippen MR) is 95.1 cm³/mol. The molecule has 0 aliphatic heterocycles. The first-order valence-corrected chi connectivity index (χ1v) is 9.97. The Balaban J connectivity index is 2.60. The van der Waals surface area contributed by atoms with E-state index >= 15 is 0 Å². The molecule has 1 N–H and O–H groups in total. The molecular formula is C18H29NO3S. The average molecular weight is 340 g/mol. The van der Waals surface area contributed by atoms with Crippen LogP contribution >= 0.6 is 0 Å². The van der Waals surface area contributed by atoms with Crippen molar-refractivity contribution in [1.29, 1.82) is 0 Å². The zero-order chi connectivity index (χ0) is 17.6. The van der Waals surface area contributed by atoms with Gasteiger partial charge in [0.05, 0.1) is 5.75 Å². The fourth-order valence-corrected chi connectivity index (χ4v) is 3.79. The van der Waals surface area contributed by atoms with Gasteiger partial charge >= 0.3 is 0 Å². The fraction of sp³-hybridized carbons (Fsp3) is 0.611. The molecule has 130 valence electrons. The van der Waals surface area contributed by atoms with Crippen LogP contribution in [0.5, 0.6) is 0 Å². The van der Waals surface area contributed by atoms with E-state index in [1.807, 2.05) is 39.0 Å². The van der Waals surface area contributed by atoms with Crippen molar-refractivity contribution in [1.82, 2.24) is 5.32 Å². The lowest BCUT2D eigenvalue weighted by molar-refractivity contribution is -0.119. The summed E-state index contributed by atoms with van der Waals surface area (Å²) in [6.07, 6.45) is 1.87. The Hall–Kier alpha value is -1.36. The highest BCUT2D eigenvalue weighted by atomic mass is 32.2. The monoisotopic (exact) mass is 339 g/mol. The average Bonchev–Trinajstić information content (AvgIpc) is 2.39. The number of hydrogen-bond donors (Lipinski definition) is 1. The molecule has 5 heteroatoms. The van der Waals surface area contributed by atoms with Gasteiger partial charge in [-0.2, -0.15) is 0 Å². The van der Waals surface area contributed by atoms with Crippen LogP contribution in [0.1, 0.15) is 50.3 Å². The number of benzene rings is 1. The number of rotatable bonds is 8. The van der Waals surface area contributed by atoms with E-state index in [0.29, 0.717) is 5.92 Å². The third-order valence-corrected chi connectivity index (χ3v) is 5.27. The van der Waals surface area contributed by atoms with Crippen molar-refractivity contribution in [3.05, 3.63) is 34.9 Å². The molecule has 0 unspecified atom stereocenters. The molecule has 0 radical (unpaired) electrons. The lowest BCUT2D eigenvalue weighted by atomic mass is 10.0. The minimum absolute atomic E-state index is 0.000746. The van der Waals surface area contributed by atoms with Gasteiger partial charge in [-0.3, -0.25) is 4.79 Å². The molecule has 1 aromatic rings. The van der Waals surface area contributed by atoms with Crippen molar-refractivity contribution in [3.63, 3.8) is 0 Å². The molecule has 1 atom stereocenters. The van der Waals surface area contributed by atoms with E-state index in [2.05, 4.69) is 19.2 Å². The van der Waals surface area contributed by atoms with Crippen LogP contribution in [0.4, 0.5) is 0 Å². The fourth-order valence-electron chi connectivity index (χ4n) is 2.42. The first-order valence-electron chi connectivity index (χ1n) is 8.15. The maximum atomic E-state index is 12.3. The summed E-state index contributed by atoms with van der Waals surface area (Å²) in [6.45, 7) is 9.99. The number of carbonyl (C=O) groups excluding carboxylic acids is 1. The first-order chi connectivity index (χ1) is 10.6. The van der Waals surface area contributed by atoms with E-state index in [9.17, 15) is 13.2 Å². The van der Waals surface area contributed by atoms with Crippen molar-refractivity contribution < 1.29 is 13.2 Å². The summed E-state index contributed by atoms with van der Waals surface area (Å²) in [6, 6.07) is 5.74. The summed E-state index contributed by atoms with van der Waals surface area (Å²) in [5.74, 6) is -0.380. The van der Waals surface area contributed by atoms with Crippen LogP contribution in [0.3, 0.4) is 0 Å². The van der Waals surface area contributed by atoms with E-state index in [1.54, 1.807) is 0 Å². The topological polar surface area (TPSA) is 63.2 Å². The Morgan fingerprint density at radius 1 is 1.13 bits per heavy atom. The number of hydrogen-bond acceptors (Lipinski definition) is 3. The van der Waals surface area contributed by atoms with Gasteiger partial charge in [0.15, 0.2) is 9.84 Å². The zero-order valence-corrected chi connectivity index (χ0v) is 15.7. The normalized spacial score (nSPS) is 13.1. The third-order valence-electron chi connectivity index (χ3n) is 3.82. The van der Waals surface area contributed by atoms with Gasteiger partial charge in [-0.15, -0.1) is 0 Å². The second-order valence-electron chi connectivity index (χ2n) is 6.90. The molecule has 0 saturated carbocycles. The lowest BCUT2D eigenvalue weighted by Crippen LogP contribution is -2.37. The van der Waals surface area contributed by atoms with Gasteiger partial charge in [-0.25, -0.2) is 8.42 Å². The quantitative estimate of drug-likeness (QED) is 0.791. The van der Waals surface area contributed by atoms with E-state index in [-0.39, 0.29) is 11.8 Å². The molecule has 1 amide bonds. The van der Waals surface area contributed by atoms with Crippen LogP contribution in [-0.4, -0.2) is 26.1 Å². The molecule has 0 saturated heterocycles. The van der Waals surface area contributed by atoms with Gasteiger partial charge in [-0.05, 0) is 50.7 Å². The Kier molecular flexibility index (Phi) is 7.26. The smallest absolute Gasteiger partial charge is 0.235 e. The highest BCUT2D eigenvalue weighted by molar-refractivity contribution is 7.91. The summed E-state index contributed by atoms with van der Waals surface area (Å²) in [5.41, 5.74) is 2.73. The summed E-state index contributed by atoms with van der Waals surface area (Å²) < 4.78 is 24.5. The first kappa shape index (κ1) is 19.7. The minimum atomic E-state index is -3.46. The number of sulfone groups is 1. The lowest BCUT2D eigenvalue weighted by Gasteiger charge is -2.15. The minimum Gasteiger partial charge on any atom is -0.353 e. The molecule has 0 bridgehead atoms. The predicted octanol–water partition coefficient (Wildman–Crippen LogP) is 3.16. The second kappa shape index (κ2) is 8.48. The highest BCUT2D eigenvalue weighted by Crippen LogP contribution is 2.14. The molecule has 0 aromatic heterocycles. The van der Waals surface area contributed by atoms with Crippen LogP contribution in [0.25, 0.3) is 0 Å². The maximum Gasteiger partial charge on any atom is 0.235 e. The van der Waals surface area contributed by atoms with Gasteiger partial charge in [-0.1, -0.05) is 37.6 Å². The molecule has 1 aromatic carbocycles.